The Balaban J connectivity index is 3.27. The van der Waals surface area contributed by atoms with Crippen molar-refractivity contribution in [1.82, 2.24) is 4.90 Å². The van der Waals surface area contributed by atoms with Crippen LogP contribution in [0.4, 0.5) is 4.79 Å². The summed E-state index contributed by atoms with van der Waals surface area (Å²) in [6, 6.07) is 0. The fourth-order valence-electron chi connectivity index (χ4n) is 1.64. The Morgan fingerprint density at radius 1 is 0.815 bits per heavy atom. The van der Waals surface area contributed by atoms with E-state index in [1.54, 1.807) is 7.05 Å². The Kier molecular flexibility index (Phi) is 15.9. The molecule has 8 heteroatoms. The molecule has 0 spiro atoms. The Hall–Kier alpha value is -1.37. The van der Waals surface area contributed by atoms with Crippen LogP contribution in [0.25, 0.3) is 0 Å². The molecular formula is C19H35NO7. The molecule has 0 fully saturated rings. The van der Waals surface area contributed by atoms with Gasteiger partial charge in [0.1, 0.15) is 12.2 Å². The molecule has 0 aromatic rings. The van der Waals surface area contributed by atoms with Gasteiger partial charge in [0.2, 0.25) is 0 Å². The van der Waals surface area contributed by atoms with Gasteiger partial charge in [0.25, 0.3) is 0 Å². The van der Waals surface area contributed by atoms with Crippen molar-refractivity contribution < 1.29 is 33.2 Å². The predicted molar refractivity (Wildman–Crippen MR) is 102 cm³/mol. The van der Waals surface area contributed by atoms with Crippen LogP contribution < -0.4 is 0 Å². The maximum Gasteiger partial charge on any atom is 0.410 e. The minimum absolute atomic E-state index is 0.307. The van der Waals surface area contributed by atoms with Crippen molar-refractivity contribution in [3.05, 3.63) is 0 Å². The first-order chi connectivity index (χ1) is 12.9. The van der Waals surface area contributed by atoms with E-state index in [9.17, 15) is 4.79 Å². The number of ether oxygens (including phenoxy) is 6. The van der Waals surface area contributed by atoms with E-state index in [-0.39, 0.29) is 6.09 Å². The van der Waals surface area contributed by atoms with Gasteiger partial charge in [0.05, 0.1) is 59.5 Å². The number of hydrogen-bond acceptors (Lipinski definition) is 7. The number of rotatable bonds is 16. The monoisotopic (exact) mass is 389 g/mol. The van der Waals surface area contributed by atoms with Crippen LogP contribution in [0.2, 0.25) is 0 Å². The normalized spacial score (nSPS) is 11.2. The second-order valence-corrected chi connectivity index (χ2v) is 6.61. The van der Waals surface area contributed by atoms with E-state index in [2.05, 4.69) is 5.92 Å². The summed E-state index contributed by atoms with van der Waals surface area (Å²) in [5.41, 5.74) is -0.495. The fourth-order valence-corrected chi connectivity index (χ4v) is 1.64. The first-order valence-electron chi connectivity index (χ1n) is 9.13. The molecular weight excluding hydrogens is 354 g/mol. The van der Waals surface area contributed by atoms with Crippen LogP contribution in [0, 0.1) is 12.3 Å². The maximum absolute atomic E-state index is 11.7. The van der Waals surface area contributed by atoms with Crippen molar-refractivity contribution in [2.24, 2.45) is 0 Å². The van der Waals surface area contributed by atoms with Gasteiger partial charge >= 0.3 is 6.09 Å². The van der Waals surface area contributed by atoms with Crippen molar-refractivity contribution >= 4 is 6.09 Å². The van der Waals surface area contributed by atoms with Gasteiger partial charge in [-0.1, -0.05) is 5.92 Å². The lowest BCUT2D eigenvalue weighted by Crippen LogP contribution is -2.36. The van der Waals surface area contributed by atoms with Crippen molar-refractivity contribution in [1.29, 1.82) is 0 Å². The first-order valence-corrected chi connectivity index (χ1v) is 9.13. The van der Waals surface area contributed by atoms with E-state index in [1.165, 1.54) is 4.90 Å². The highest BCUT2D eigenvalue weighted by atomic mass is 16.6. The smallest absolute Gasteiger partial charge is 0.410 e. The Labute approximate surface area is 163 Å². The number of terminal acetylenes is 1. The molecule has 0 aliphatic rings. The van der Waals surface area contributed by atoms with Gasteiger partial charge in [0.15, 0.2) is 0 Å². The molecule has 158 valence electrons. The number of carbonyl (C=O) groups is 1. The van der Waals surface area contributed by atoms with E-state index in [4.69, 9.17) is 34.8 Å². The van der Waals surface area contributed by atoms with Gasteiger partial charge < -0.3 is 33.3 Å². The largest absolute Gasteiger partial charge is 0.444 e. The van der Waals surface area contributed by atoms with Crippen LogP contribution in [-0.4, -0.2) is 96.3 Å². The summed E-state index contributed by atoms with van der Waals surface area (Å²) in [6.07, 6.45) is 4.69. The van der Waals surface area contributed by atoms with Gasteiger partial charge in [-0.15, -0.1) is 6.42 Å². The third-order valence-electron chi connectivity index (χ3n) is 2.95. The van der Waals surface area contributed by atoms with Crippen LogP contribution in [0.15, 0.2) is 0 Å². The molecule has 1 amide bonds. The highest BCUT2D eigenvalue weighted by Gasteiger charge is 2.19. The van der Waals surface area contributed by atoms with Gasteiger partial charge in [-0.05, 0) is 20.8 Å². The summed E-state index contributed by atoms with van der Waals surface area (Å²) in [4.78, 5) is 13.2. The topological polar surface area (TPSA) is 75.7 Å². The van der Waals surface area contributed by atoms with E-state index < -0.39 is 5.60 Å². The van der Waals surface area contributed by atoms with Crippen LogP contribution >= 0.6 is 0 Å². The quantitative estimate of drug-likeness (QED) is 0.293. The maximum atomic E-state index is 11.7. The van der Waals surface area contributed by atoms with Crippen molar-refractivity contribution in [2.45, 2.75) is 26.4 Å². The Bertz CT molecular complexity index is 404. The lowest BCUT2D eigenvalue weighted by molar-refractivity contribution is -0.0114. The molecule has 0 aromatic heterocycles. The first kappa shape index (κ1) is 25.6. The summed E-state index contributed by atoms with van der Waals surface area (Å²) >= 11 is 0. The van der Waals surface area contributed by atoms with E-state index in [0.717, 1.165) is 0 Å². The third-order valence-corrected chi connectivity index (χ3v) is 2.95. The molecule has 0 bridgehead atoms. The van der Waals surface area contributed by atoms with Crippen LogP contribution in [0.5, 0.6) is 0 Å². The molecule has 27 heavy (non-hydrogen) atoms. The van der Waals surface area contributed by atoms with Crippen molar-refractivity contribution in [3.63, 3.8) is 0 Å². The Morgan fingerprint density at radius 2 is 1.22 bits per heavy atom. The van der Waals surface area contributed by atoms with Crippen molar-refractivity contribution in [2.75, 3.05) is 79.7 Å². The van der Waals surface area contributed by atoms with Gasteiger partial charge in [-0.3, -0.25) is 0 Å². The molecule has 0 aliphatic carbocycles. The molecule has 0 aromatic carbocycles. The zero-order chi connectivity index (χ0) is 20.4. The Morgan fingerprint density at radius 3 is 1.63 bits per heavy atom. The summed E-state index contributed by atoms with van der Waals surface area (Å²) < 4.78 is 31.8. The molecule has 0 N–H and O–H groups in total. The average molecular weight is 389 g/mol. The van der Waals surface area contributed by atoms with E-state index in [0.29, 0.717) is 72.6 Å². The molecule has 8 nitrogen and oxygen atoms in total. The van der Waals surface area contributed by atoms with E-state index in [1.807, 2.05) is 20.8 Å². The fraction of sp³-hybridized carbons (Fsp3) is 0.842. The van der Waals surface area contributed by atoms with Gasteiger partial charge in [0, 0.05) is 13.6 Å². The number of hydrogen-bond donors (Lipinski definition) is 0. The molecule has 0 saturated carbocycles. The minimum Gasteiger partial charge on any atom is -0.444 e. The molecule has 0 saturated heterocycles. The number of likely N-dealkylation sites (N-methyl/N-ethyl adjacent to an activating group) is 1. The number of amides is 1. The summed E-state index contributed by atoms with van der Waals surface area (Å²) in [5, 5.41) is 0. The van der Waals surface area contributed by atoms with E-state index >= 15 is 0 Å². The molecule has 0 heterocycles. The summed E-state index contributed by atoms with van der Waals surface area (Å²) in [6.45, 7) is 10.6. The summed E-state index contributed by atoms with van der Waals surface area (Å²) in [7, 11) is 1.68. The zero-order valence-corrected chi connectivity index (χ0v) is 17.2. The second kappa shape index (κ2) is 16.8. The molecule has 0 radical (unpaired) electrons. The zero-order valence-electron chi connectivity index (χ0n) is 17.2. The highest BCUT2D eigenvalue weighted by molar-refractivity contribution is 5.67. The van der Waals surface area contributed by atoms with Crippen LogP contribution in [0.1, 0.15) is 20.8 Å². The van der Waals surface area contributed by atoms with Gasteiger partial charge in [-0.25, -0.2) is 4.79 Å². The number of carbonyl (C=O) groups excluding carboxylic acids is 1. The predicted octanol–water partition coefficient (Wildman–Crippen LogP) is 1.57. The summed E-state index contributed by atoms with van der Waals surface area (Å²) in [5.74, 6) is 2.38. The SMILES string of the molecule is C#CCOCCOCCOCCOCCOCCN(C)C(=O)OC(C)(C)C. The molecule has 0 rings (SSSR count). The van der Waals surface area contributed by atoms with Crippen LogP contribution in [-0.2, 0) is 28.4 Å². The second-order valence-electron chi connectivity index (χ2n) is 6.61. The lowest BCUT2D eigenvalue weighted by atomic mass is 10.2. The van der Waals surface area contributed by atoms with Crippen LogP contribution in [0.3, 0.4) is 0 Å². The highest BCUT2D eigenvalue weighted by Crippen LogP contribution is 2.08. The molecule has 0 atom stereocenters. The third kappa shape index (κ3) is 19.2. The van der Waals surface area contributed by atoms with Crippen molar-refractivity contribution in [3.8, 4) is 12.3 Å². The lowest BCUT2D eigenvalue weighted by Gasteiger charge is -2.24. The van der Waals surface area contributed by atoms with Gasteiger partial charge in [-0.2, -0.15) is 0 Å². The molecule has 0 aliphatic heterocycles. The minimum atomic E-state index is -0.495. The number of nitrogens with zero attached hydrogens (tertiary/aromatic N) is 1. The molecule has 0 unspecified atom stereocenters. The average Bonchev–Trinajstić information content (AvgIpc) is 2.59. The standard InChI is InChI=1S/C19H35NO7/c1-6-8-22-10-12-24-14-16-26-17-15-25-13-11-23-9-7-20(5)18(21)27-19(2,3)4/h1H,7-17H2,2-5H3.